The number of nitrogens with zero attached hydrogens (tertiary/aromatic N) is 2. The van der Waals surface area contributed by atoms with Crippen LogP contribution in [0.1, 0.15) is 36.8 Å². The zero-order valence-electron chi connectivity index (χ0n) is 18.4. The minimum atomic E-state index is -0.894. The largest absolute Gasteiger partial charge is 0.507 e. The fraction of sp³-hybridized carbons (Fsp3) is 0.240. The van der Waals surface area contributed by atoms with Gasteiger partial charge in [-0.15, -0.1) is 0 Å². The van der Waals surface area contributed by atoms with E-state index in [1.807, 2.05) is 13.8 Å². The van der Waals surface area contributed by atoms with Crippen LogP contribution < -0.4 is 9.47 Å². The van der Waals surface area contributed by atoms with Gasteiger partial charge in [0.05, 0.1) is 30.6 Å². The molecule has 1 aliphatic rings. The number of Topliss-reactive ketones (excluding diaryl/α,β-unsaturated/α-hetero) is 1. The highest BCUT2D eigenvalue weighted by molar-refractivity contribution is 6.46. The molecule has 1 saturated heterocycles. The Bertz CT molecular complexity index is 1170. The molecular formula is C25H24N2O6. The van der Waals surface area contributed by atoms with Gasteiger partial charge in [-0.05, 0) is 55.8 Å². The molecule has 8 nitrogen and oxygen atoms in total. The van der Waals surface area contributed by atoms with Gasteiger partial charge in [-0.2, -0.15) is 0 Å². The molecule has 1 fully saturated rings. The van der Waals surface area contributed by atoms with Gasteiger partial charge in [-0.3, -0.25) is 14.6 Å². The van der Waals surface area contributed by atoms with Crippen LogP contribution in [0.2, 0.25) is 0 Å². The molecule has 1 N–H and O–H groups in total. The number of furan rings is 1. The Morgan fingerprint density at radius 3 is 2.52 bits per heavy atom. The Morgan fingerprint density at radius 2 is 1.85 bits per heavy atom. The van der Waals surface area contributed by atoms with Crippen LogP contribution in [0, 0.1) is 0 Å². The van der Waals surface area contributed by atoms with Crippen molar-refractivity contribution in [1.82, 2.24) is 9.88 Å². The molecule has 1 atom stereocenters. The van der Waals surface area contributed by atoms with Crippen molar-refractivity contribution in [3.05, 3.63) is 83.6 Å². The summed E-state index contributed by atoms with van der Waals surface area (Å²) in [6, 6.07) is 10.9. The van der Waals surface area contributed by atoms with E-state index in [4.69, 9.17) is 13.9 Å². The van der Waals surface area contributed by atoms with Gasteiger partial charge < -0.3 is 23.9 Å². The van der Waals surface area contributed by atoms with Gasteiger partial charge in [-0.25, -0.2) is 0 Å². The molecule has 1 amide bonds. The average Bonchev–Trinajstić information content (AvgIpc) is 3.43. The van der Waals surface area contributed by atoms with Gasteiger partial charge >= 0.3 is 0 Å². The van der Waals surface area contributed by atoms with E-state index in [1.165, 1.54) is 11.2 Å². The molecule has 33 heavy (non-hydrogen) atoms. The van der Waals surface area contributed by atoms with Crippen molar-refractivity contribution in [2.24, 2.45) is 0 Å². The number of amides is 1. The molecule has 8 heteroatoms. The van der Waals surface area contributed by atoms with Crippen molar-refractivity contribution in [1.29, 1.82) is 0 Å². The minimum Gasteiger partial charge on any atom is -0.507 e. The number of aliphatic hydroxyl groups excluding tert-OH is 1. The zero-order valence-corrected chi connectivity index (χ0v) is 18.4. The van der Waals surface area contributed by atoms with Gasteiger partial charge in [0.15, 0.2) is 0 Å². The monoisotopic (exact) mass is 448 g/mol. The number of hydrogen-bond acceptors (Lipinski definition) is 7. The summed E-state index contributed by atoms with van der Waals surface area (Å²) in [5.74, 6) is -0.567. The summed E-state index contributed by atoms with van der Waals surface area (Å²) < 4.78 is 16.8. The van der Waals surface area contributed by atoms with Crippen molar-refractivity contribution < 1.29 is 28.6 Å². The molecule has 1 aliphatic heterocycles. The van der Waals surface area contributed by atoms with E-state index >= 15 is 0 Å². The summed E-state index contributed by atoms with van der Waals surface area (Å²) in [6.07, 6.45) is 4.69. The van der Waals surface area contributed by atoms with Crippen LogP contribution in [0.4, 0.5) is 0 Å². The van der Waals surface area contributed by atoms with Crippen LogP contribution in [0.25, 0.3) is 5.76 Å². The van der Waals surface area contributed by atoms with Gasteiger partial charge in [-0.1, -0.05) is 0 Å². The van der Waals surface area contributed by atoms with Gasteiger partial charge in [0, 0.05) is 25.0 Å². The van der Waals surface area contributed by atoms with Crippen LogP contribution in [-0.2, 0) is 16.1 Å². The number of pyridine rings is 1. The number of rotatable bonds is 8. The Balaban J connectivity index is 1.84. The highest BCUT2D eigenvalue weighted by Crippen LogP contribution is 2.42. The molecule has 3 aromatic rings. The van der Waals surface area contributed by atoms with E-state index in [0.717, 1.165) is 5.56 Å². The lowest BCUT2D eigenvalue weighted by atomic mass is 9.98. The van der Waals surface area contributed by atoms with Crippen molar-refractivity contribution in [3.63, 3.8) is 0 Å². The number of carbonyl (C=O) groups is 2. The van der Waals surface area contributed by atoms with Gasteiger partial charge in [0.25, 0.3) is 11.7 Å². The maximum absolute atomic E-state index is 13.1. The third-order valence-corrected chi connectivity index (χ3v) is 5.27. The Kier molecular flexibility index (Phi) is 6.44. The molecule has 1 unspecified atom stereocenters. The molecule has 3 heterocycles. The number of likely N-dealkylation sites (tertiary alicyclic amines) is 1. The first-order valence-corrected chi connectivity index (χ1v) is 10.7. The number of hydrogen-bond donors (Lipinski definition) is 1. The van der Waals surface area contributed by atoms with Crippen molar-refractivity contribution in [2.45, 2.75) is 26.4 Å². The second-order valence-electron chi connectivity index (χ2n) is 7.32. The number of carbonyl (C=O) groups excluding carboxylic acids is 2. The summed E-state index contributed by atoms with van der Waals surface area (Å²) in [4.78, 5) is 31.5. The van der Waals surface area contributed by atoms with E-state index in [1.54, 1.807) is 54.9 Å². The molecular weight excluding hydrogens is 424 g/mol. The normalized spacial score (nSPS) is 17.4. The maximum atomic E-state index is 13.1. The summed E-state index contributed by atoms with van der Waals surface area (Å²) in [5, 5.41) is 11.3. The van der Waals surface area contributed by atoms with Crippen LogP contribution in [0.3, 0.4) is 0 Å². The molecule has 2 aromatic heterocycles. The second kappa shape index (κ2) is 9.60. The van der Waals surface area contributed by atoms with E-state index in [-0.39, 0.29) is 17.9 Å². The van der Waals surface area contributed by atoms with Gasteiger partial charge in [0.2, 0.25) is 0 Å². The van der Waals surface area contributed by atoms with E-state index < -0.39 is 17.7 Å². The Hall–Kier alpha value is -4.07. The Morgan fingerprint density at radius 1 is 1.09 bits per heavy atom. The first-order valence-electron chi connectivity index (χ1n) is 10.7. The molecule has 0 radical (unpaired) electrons. The molecule has 170 valence electrons. The first kappa shape index (κ1) is 22.1. The first-order chi connectivity index (χ1) is 16.0. The highest BCUT2D eigenvalue weighted by Gasteiger charge is 2.47. The fourth-order valence-corrected chi connectivity index (χ4v) is 3.85. The second-order valence-corrected chi connectivity index (χ2v) is 7.32. The summed E-state index contributed by atoms with van der Waals surface area (Å²) in [6.45, 7) is 4.63. The summed E-state index contributed by atoms with van der Waals surface area (Å²) in [5.41, 5.74) is 1.02. The number of benzene rings is 1. The quantitative estimate of drug-likeness (QED) is 0.314. The van der Waals surface area contributed by atoms with Crippen LogP contribution in [0.15, 0.2) is 71.1 Å². The molecule has 4 rings (SSSR count). The molecule has 0 bridgehead atoms. The predicted octanol–water partition coefficient (Wildman–Crippen LogP) is 4.09. The van der Waals surface area contributed by atoms with Crippen LogP contribution in [0.5, 0.6) is 11.5 Å². The van der Waals surface area contributed by atoms with Crippen molar-refractivity contribution in [2.75, 3.05) is 13.2 Å². The van der Waals surface area contributed by atoms with Crippen LogP contribution >= 0.6 is 0 Å². The standard InChI is InChI=1S/C25H24N2O6/c1-3-31-17-7-8-18(20(14-17)32-4-2)23(28)21-22(19-6-5-13-33-19)27(25(30)24(21)29)15-16-9-11-26-12-10-16/h5-14,22,28H,3-4,15H2,1-2H3/b23-21-. The number of aliphatic hydroxyl groups is 1. The summed E-state index contributed by atoms with van der Waals surface area (Å²) >= 11 is 0. The van der Waals surface area contributed by atoms with Crippen LogP contribution in [-0.4, -0.2) is 39.9 Å². The van der Waals surface area contributed by atoms with E-state index in [0.29, 0.717) is 36.0 Å². The number of aromatic nitrogens is 1. The minimum absolute atomic E-state index is 0.0610. The van der Waals surface area contributed by atoms with Crippen molar-refractivity contribution in [3.8, 4) is 11.5 Å². The average molecular weight is 448 g/mol. The molecule has 0 saturated carbocycles. The molecule has 1 aromatic carbocycles. The zero-order chi connectivity index (χ0) is 23.4. The lowest BCUT2D eigenvalue weighted by Gasteiger charge is -2.23. The lowest BCUT2D eigenvalue weighted by molar-refractivity contribution is -0.140. The maximum Gasteiger partial charge on any atom is 0.296 e. The third-order valence-electron chi connectivity index (χ3n) is 5.27. The number of ether oxygens (including phenoxy) is 2. The number of ketones is 1. The topological polar surface area (TPSA) is 102 Å². The smallest absolute Gasteiger partial charge is 0.296 e. The highest BCUT2D eigenvalue weighted by atomic mass is 16.5. The predicted molar refractivity (Wildman–Crippen MR) is 120 cm³/mol. The van der Waals surface area contributed by atoms with Crippen molar-refractivity contribution >= 4 is 17.4 Å². The van der Waals surface area contributed by atoms with E-state index in [9.17, 15) is 14.7 Å². The van der Waals surface area contributed by atoms with Gasteiger partial charge in [0.1, 0.15) is 29.1 Å². The summed E-state index contributed by atoms with van der Waals surface area (Å²) in [7, 11) is 0. The SMILES string of the molecule is CCOc1ccc(/C(O)=C2/C(=O)C(=O)N(Cc3ccncc3)C2c2ccco2)c(OCC)c1. The molecule has 0 aliphatic carbocycles. The Labute approximate surface area is 191 Å². The van der Waals surface area contributed by atoms with E-state index in [2.05, 4.69) is 4.98 Å². The fourth-order valence-electron chi connectivity index (χ4n) is 3.85. The third kappa shape index (κ3) is 4.32. The lowest BCUT2D eigenvalue weighted by Crippen LogP contribution is -2.29. The molecule has 0 spiro atoms.